The molecule has 2 N–H and O–H groups in total. The van der Waals surface area contributed by atoms with Crippen molar-refractivity contribution in [2.75, 3.05) is 0 Å². The first-order valence-corrected chi connectivity index (χ1v) is 9.42. The van der Waals surface area contributed by atoms with Crippen molar-refractivity contribution in [3.05, 3.63) is 0 Å². The Labute approximate surface area is 253 Å². The first kappa shape index (κ1) is 36.4. The van der Waals surface area contributed by atoms with E-state index in [1.807, 2.05) is 0 Å². The van der Waals surface area contributed by atoms with Gasteiger partial charge in [-0.15, -0.1) is 0 Å². The normalized spacial score (nSPS) is 15.6. The van der Waals surface area contributed by atoms with Gasteiger partial charge in [0.1, 0.15) is 0 Å². The molecule has 0 unspecified atom stereocenters. The minimum absolute atomic E-state index is 2.50. The zero-order valence-corrected chi connectivity index (χ0v) is 21.5. The van der Waals surface area contributed by atoms with Gasteiger partial charge < -0.3 is 0 Å². The minimum atomic E-state index is 2.50. The monoisotopic (exact) mass is 675 g/mol. The first-order valence-electron chi connectivity index (χ1n) is 9.87. The molecule has 0 heterocycles. The van der Waals surface area contributed by atoms with Gasteiger partial charge in [-0.05, 0) is 83.6 Å². The Morgan fingerprint density at radius 2 is 0.271 bits per heavy atom. The summed E-state index contributed by atoms with van der Waals surface area (Å²) >= 11 is 0. The molecule has 48 heteroatoms. The lowest BCUT2D eigenvalue weighted by molar-refractivity contribution is 0.725. The Balaban J connectivity index is 4.05. The molecule has 0 aliphatic carbocycles. The summed E-state index contributed by atoms with van der Waals surface area (Å²) in [7, 11) is 0. The summed E-state index contributed by atoms with van der Waals surface area (Å²) in [5.74, 6) is 0. The van der Waals surface area contributed by atoms with Crippen LogP contribution in [-0.2, 0) is 0 Å². The van der Waals surface area contributed by atoms with E-state index in [-0.39, 0.29) is 0 Å². The SMILES string of the molecule is [2H]N=N/N=N/N=N/N=N/N=N/N=N/N=N/N=N/N=N/N=N/N=N/N=N/N=N/N=N/N=N/N=N/N=N/N=N/N=N/N=N/N=N/N=N/N=N/N=N. The largest absolute Gasteiger partial charge is 0.216 e. The second-order valence-corrected chi connectivity index (χ2v) is 4.12. The van der Waals surface area contributed by atoms with Crippen molar-refractivity contribution >= 4 is 0 Å². The van der Waals surface area contributed by atoms with Gasteiger partial charge >= 0.3 is 0 Å². The highest BCUT2D eigenvalue weighted by Crippen LogP contribution is 1.93. The summed E-state index contributed by atoms with van der Waals surface area (Å²) in [6, 6.07) is 0. The van der Waals surface area contributed by atoms with Crippen LogP contribution in [0.3, 0.4) is 0 Å². The number of rotatable bonds is 23. The molecular formula is H2N48. The average molecular weight is 675 g/mol. The third-order valence-electron chi connectivity index (χ3n) is 1.80. The van der Waals surface area contributed by atoms with Crippen molar-refractivity contribution < 1.29 is 1.41 Å². The van der Waals surface area contributed by atoms with E-state index >= 15 is 0 Å². The smallest absolute Gasteiger partial charge is 0.183 e. The van der Waals surface area contributed by atoms with Gasteiger partial charge in [0.15, 0.2) is 0 Å². The van der Waals surface area contributed by atoms with E-state index < -0.39 is 0 Å². The summed E-state index contributed by atoms with van der Waals surface area (Å²) in [6.45, 7) is 0. The van der Waals surface area contributed by atoms with Gasteiger partial charge in [-0.2, -0.15) is 11.1 Å². The summed E-state index contributed by atoms with van der Waals surface area (Å²) in [5.41, 5.74) is 8.75. The minimum Gasteiger partial charge on any atom is -0.183 e. The van der Waals surface area contributed by atoms with Crippen LogP contribution in [0.5, 0.6) is 0 Å². The van der Waals surface area contributed by atoms with Crippen LogP contribution in [0.25, 0.3) is 0 Å². The second kappa shape index (κ2) is 37.4. The van der Waals surface area contributed by atoms with E-state index in [1.54, 1.807) is 0 Å². The molecular weight excluding hydrogens is 672 g/mol. The molecule has 0 amide bonds. The van der Waals surface area contributed by atoms with Crippen molar-refractivity contribution in [3.8, 4) is 0 Å². The predicted molar refractivity (Wildman–Crippen MR) is 117 cm³/mol. The Hall–Kier alpha value is -9.60. The molecule has 0 spiro atoms. The first-order chi connectivity index (χ1) is 24.4. The molecule has 242 valence electrons. The van der Waals surface area contributed by atoms with Crippen LogP contribution in [0.15, 0.2) is 240 Å². The highest BCUT2D eigenvalue weighted by Gasteiger charge is 1.74. The lowest BCUT2D eigenvalue weighted by Gasteiger charge is -1.70. The molecule has 48 nitrogen and oxygen atoms in total. The van der Waals surface area contributed by atoms with Gasteiger partial charge in [-0.1, -0.05) is 0 Å². The third-order valence-corrected chi connectivity index (χ3v) is 1.80. The van der Waals surface area contributed by atoms with Crippen LogP contribution in [0.2, 0.25) is 1.41 Å². The van der Waals surface area contributed by atoms with Crippen LogP contribution in [0.4, 0.5) is 0 Å². The van der Waals surface area contributed by atoms with Crippen molar-refractivity contribution in [1.82, 2.24) is 0 Å². The van der Waals surface area contributed by atoms with Gasteiger partial charge in [-0.25, -0.2) is 0 Å². The zero-order valence-electron chi connectivity index (χ0n) is 22.5. The summed E-state index contributed by atoms with van der Waals surface area (Å²) in [4.78, 5) is 0. The van der Waals surface area contributed by atoms with Gasteiger partial charge in [0, 0.05) is 157 Å². The standard InChI is InChI=1S/H2N48/c1-3-5-7-9-11-13-15-17-19-21-23-25-27-29-31-33-35-37-39-41-43-45-47-48-46-44-42-40-38-36-34-32-30-28-26-24-22-20-18-16-14-12-10-8-6-4-2/h1-2H/b3-1?,4-2?,7-5+,8-6+,11-9+,12-10+,15-13+,16-14+,19-17+,20-18+,23-21+,24-22+,27-25+,28-26+,31-29+,32-30+,35-33+,36-34+,39-37+,40-38+,43-41+,44-42+,47-45+,48-46+/i/hD. The van der Waals surface area contributed by atoms with E-state index in [4.69, 9.17) is 6.94 Å². The summed E-state index contributed by atoms with van der Waals surface area (Å²) in [5, 5.41) is 136. The predicted octanol–water partition coefficient (Wildman–Crippen LogP) is 9.04. The molecule has 0 atom stereocenters. The van der Waals surface area contributed by atoms with Gasteiger partial charge in [0.05, 0.1) is 0 Å². The molecule has 0 rings (SSSR count). The molecule has 0 saturated heterocycles. The van der Waals surface area contributed by atoms with Crippen molar-refractivity contribution in [1.29, 1.82) is 11.1 Å². The maximum absolute atomic E-state index is 6.25. The molecule has 0 fully saturated rings. The summed E-state index contributed by atoms with van der Waals surface area (Å²) < 4.78 is 6.25. The quantitative estimate of drug-likeness (QED) is 0.0755. The van der Waals surface area contributed by atoms with E-state index in [2.05, 4.69) is 246 Å². The van der Waals surface area contributed by atoms with Crippen LogP contribution in [0, 0.1) is 11.1 Å². The fraction of sp³-hybridized carbons (Fsp3) is 0. The number of nitrogens with zero attached hydrogens (tertiary/aromatic N) is 46. The van der Waals surface area contributed by atoms with Gasteiger partial charge in [-0.3, -0.25) is 0 Å². The maximum atomic E-state index is 6.25. The number of nitrogens with one attached hydrogen (secondary N) is 2. The molecule has 48 heavy (non-hydrogen) atoms. The Morgan fingerprint density at radius 1 is 0.167 bits per heavy atom. The lowest BCUT2D eigenvalue weighted by atomic mass is 12.3. The molecule has 0 radical (unpaired) electrons. The lowest BCUT2D eigenvalue weighted by Crippen LogP contribution is -1.52. The van der Waals surface area contributed by atoms with Crippen molar-refractivity contribution in [2.24, 2.45) is 240 Å². The van der Waals surface area contributed by atoms with Crippen LogP contribution in [-0.4, -0.2) is 0 Å². The van der Waals surface area contributed by atoms with E-state index in [0.29, 0.717) is 0 Å². The fourth-order valence-corrected chi connectivity index (χ4v) is 0.789. The van der Waals surface area contributed by atoms with E-state index in [0.717, 1.165) is 0 Å². The molecule has 0 aliphatic heterocycles. The van der Waals surface area contributed by atoms with E-state index in [1.165, 1.54) is 0 Å². The van der Waals surface area contributed by atoms with Gasteiger partial charge in [0.25, 0.3) is 0 Å². The van der Waals surface area contributed by atoms with Crippen LogP contribution in [0.1, 0.15) is 0 Å². The molecule has 0 saturated carbocycles. The van der Waals surface area contributed by atoms with Crippen LogP contribution >= 0.6 is 0 Å². The molecule has 0 aromatic heterocycles. The Kier molecular flexibility index (Phi) is 28.4. The fourth-order valence-electron chi connectivity index (χ4n) is 0.789. The molecule has 0 aromatic rings. The van der Waals surface area contributed by atoms with Gasteiger partial charge in [0.2, 0.25) is 1.41 Å². The number of hydrogen-bond donors (Lipinski definition) is 2. The molecule has 0 bridgehead atoms. The van der Waals surface area contributed by atoms with Crippen molar-refractivity contribution in [3.63, 3.8) is 0 Å². The highest BCUT2D eigenvalue weighted by molar-refractivity contribution is 4.17. The average Bonchev–Trinajstić information content (AvgIpc) is 3.11. The molecule has 0 aliphatic rings. The third kappa shape index (κ3) is 36.4. The topological polar surface area (TPSA) is 616 Å². The van der Waals surface area contributed by atoms with Crippen LogP contribution < -0.4 is 0 Å². The van der Waals surface area contributed by atoms with E-state index in [9.17, 15) is 0 Å². The van der Waals surface area contributed by atoms with Crippen molar-refractivity contribution in [2.45, 2.75) is 0 Å². The Morgan fingerprint density at radius 3 is 0.375 bits per heavy atom. The summed E-state index contributed by atoms with van der Waals surface area (Å²) in [6.07, 6.45) is 0. The maximum Gasteiger partial charge on any atom is 0.216 e. The highest BCUT2D eigenvalue weighted by atomic mass is 15.8. The number of hydrogen-bond acceptors (Lipinski definition) is 2. The second-order valence-electron chi connectivity index (χ2n) is 4.12. The Bertz CT molecular complexity index is 1540. The molecule has 0 aromatic carbocycles. The zero-order chi connectivity index (χ0) is 35.2.